The van der Waals surface area contributed by atoms with E-state index in [1.165, 1.54) is 31.3 Å². The van der Waals surface area contributed by atoms with Gasteiger partial charge >= 0.3 is 0 Å². The Morgan fingerprint density at radius 1 is 1.27 bits per heavy atom. The summed E-state index contributed by atoms with van der Waals surface area (Å²) in [6.45, 7) is 11.7. The zero-order chi connectivity index (χ0) is 10.9. The van der Waals surface area contributed by atoms with Crippen LogP contribution in [0.3, 0.4) is 0 Å². The molecule has 2 fully saturated rings. The Labute approximate surface area is 93.5 Å². The van der Waals surface area contributed by atoms with Crippen molar-refractivity contribution in [2.75, 3.05) is 0 Å². The van der Waals surface area contributed by atoms with Gasteiger partial charge in [-0.05, 0) is 41.4 Å². The van der Waals surface area contributed by atoms with E-state index in [4.69, 9.17) is 0 Å². The first-order valence-corrected chi connectivity index (χ1v) is 6.31. The SMILES string of the molecule is C=C1C=CC2(C)CCCC(C)(C)C23CC13. The largest absolute Gasteiger partial charge is 0.0955 e. The normalized spacial score (nSPS) is 50.9. The van der Waals surface area contributed by atoms with Gasteiger partial charge in [-0.1, -0.05) is 51.5 Å². The standard InChI is InChI=1S/C15H22/c1-11-6-9-14(4)8-5-7-13(2,3)15(14)10-12(11)15/h6,9,12H,1,5,7-8,10H2,2-4H3. The van der Waals surface area contributed by atoms with Crippen molar-refractivity contribution in [2.45, 2.75) is 46.5 Å². The highest BCUT2D eigenvalue weighted by molar-refractivity contribution is 5.41. The first-order chi connectivity index (χ1) is 6.93. The Morgan fingerprint density at radius 3 is 2.73 bits per heavy atom. The summed E-state index contributed by atoms with van der Waals surface area (Å²) in [6, 6.07) is 0. The fourth-order valence-corrected chi connectivity index (χ4v) is 4.85. The highest BCUT2D eigenvalue weighted by atomic mass is 14.8. The van der Waals surface area contributed by atoms with Crippen molar-refractivity contribution >= 4 is 0 Å². The van der Waals surface area contributed by atoms with Gasteiger partial charge in [0, 0.05) is 0 Å². The van der Waals surface area contributed by atoms with Gasteiger partial charge in [0.05, 0.1) is 0 Å². The summed E-state index contributed by atoms with van der Waals surface area (Å²) in [5, 5.41) is 0. The minimum Gasteiger partial charge on any atom is -0.0955 e. The summed E-state index contributed by atoms with van der Waals surface area (Å²) in [5.74, 6) is 0.794. The minimum atomic E-state index is 0.459. The molecular weight excluding hydrogens is 180 g/mol. The van der Waals surface area contributed by atoms with E-state index < -0.39 is 0 Å². The van der Waals surface area contributed by atoms with E-state index in [9.17, 15) is 0 Å². The molecule has 15 heavy (non-hydrogen) atoms. The molecule has 0 N–H and O–H groups in total. The highest BCUT2D eigenvalue weighted by Crippen LogP contribution is 2.79. The van der Waals surface area contributed by atoms with Gasteiger partial charge in [0.2, 0.25) is 0 Å². The summed E-state index contributed by atoms with van der Waals surface area (Å²) in [5.41, 5.74) is 2.92. The second-order valence-corrected chi connectivity index (χ2v) is 6.79. The Kier molecular flexibility index (Phi) is 1.56. The van der Waals surface area contributed by atoms with Crippen LogP contribution in [0.15, 0.2) is 24.3 Å². The average molecular weight is 202 g/mol. The predicted molar refractivity (Wildman–Crippen MR) is 64.6 cm³/mol. The molecule has 3 atom stereocenters. The smallest absolute Gasteiger partial charge is 0.00757 e. The summed E-state index contributed by atoms with van der Waals surface area (Å²) >= 11 is 0. The van der Waals surface area contributed by atoms with Crippen LogP contribution in [0.2, 0.25) is 0 Å². The van der Waals surface area contributed by atoms with Crippen LogP contribution in [-0.4, -0.2) is 0 Å². The Bertz CT molecular complexity index is 360. The fourth-order valence-electron chi connectivity index (χ4n) is 4.85. The lowest BCUT2D eigenvalue weighted by Crippen LogP contribution is -2.45. The maximum Gasteiger partial charge on any atom is -0.00757 e. The maximum atomic E-state index is 4.23. The van der Waals surface area contributed by atoms with Crippen LogP contribution in [0.4, 0.5) is 0 Å². The van der Waals surface area contributed by atoms with Crippen LogP contribution in [0, 0.1) is 22.2 Å². The first-order valence-electron chi connectivity index (χ1n) is 6.31. The first kappa shape index (κ1) is 9.69. The molecule has 0 heterocycles. The van der Waals surface area contributed by atoms with Crippen molar-refractivity contribution < 1.29 is 0 Å². The molecule has 0 nitrogen and oxygen atoms in total. The molecule has 0 bridgehead atoms. The maximum absolute atomic E-state index is 4.23. The lowest BCUT2D eigenvalue weighted by Gasteiger charge is -2.53. The third-order valence-corrected chi connectivity index (χ3v) is 5.80. The zero-order valence-corrected chi connectivity index (χ0v) is 10.3. The molecule has 0 amide bonds. The van der Waals surface area contributed by atoms with Gasteiger partial charge in [-0.2, -0.15) is 0 Å². The van der Waals surface area contributed by atoms with Crippen LogP contribution in [0.25, 0.3) is 0 Å². The van der Waals surface area contributed by atoms with Gasteiger partial charge in [-0.3, -0.25) is 0 Å². The zero-order valence-electron chi connectivity index (χ0n) is 10.3. The molecular formula is C15H22. The molecule has 0 aromatic rings. The average Bonchev–Trinajstić information content (AvgIpc) is 2.88. The number of hydrogen-bond donors (Lipinski definition) is 0. The van der Waals surface area contributed by atoms with Crippen molar-refractivity contribution in [2.24, 2.45) is 22.2 Å². The van der Waals surface area contributed by atoms with Crippen molar-refractivity contribution in [3.8, 4) is 0 Å². The monoisotopic (exact) mass is 202 g/mol. The molecule has 0 radical (unpaired) electrons. The van der Waals surface area contributed by atoms with Crippen LogP contribution in [-0.2, 0) is 0 Å². The van der Waals surface area contributed by atoms with Crippen LogP contribution >= 0.6 is 0 Å². The molecule has 3 aliphatic carbocycles. The van der Waals surface area contributed by atoms with Crippen LogP contribution in [0.1, 0.15) is 46.5 Å². The second kappa shape index (κ2) is 2.42. The summed E-state index contributed by atoms with van der Waals surface area (Å²) in [6.07, 6.45) is 10.4. The van der Waals surface area contributed by atoms with E-state index in [0.29, 0.717) is 16.2 Å². The Balaban J connectivity index is 2.14. The molecule has 0 aliphatic heterocycles. The van der Waals surface area contributed by atoms with Gasteiger partial charge in [-0.25, -0.2) is 0 Å². The van der Waals surface area contributed by atoms with Gasteiger partial charge in [0.15, 0.2) is 0 Å². The molecule has 1 spiro atoms. The molecule has 82 valence electrons. The highest BCUT2D eigenvalue weighted by Gasteiger charge is 2.72. The molecule has 3 rings (SSSR count). The summed E-state index contributed by atoms with van der Waals surface area (Å²) in [4.78, 5) is 0. The van der Waals surface area contributed by atoms with E-state index in [1.54, 1.807) is 0 Å². The minimum absolute atomic E-state index is 0.459. The lowest BCUT2D eigenvalue weighted by atomic mass is 9.51. The van der Waals surface area contributed by atoms with Crippen LogP contribution in [0.5, 0.6) is 0 Å². The van der Waals surface area contributed by atoms with Crippen molar-refractivity contribution in [1.82, 2.24) is 0 Å². The van der Waals surface area contributed by atoms with Crippen molar-refractivity contribution in [3.63, 3.8) is 0 Å². The third kappa shape index (κ3) is 0.898. The molecule has 2 saturated carbocycles. The van der Waals surface area contributed by atoms with Gasteiger partial charge < -0.3 is 0 Å². The number of hydrogen-bond acceptors (Lipinski definition) is 0. The fraction of sp³-hybridized carbons (Fsp3) is 0.733. The van der Waals surface area contributed by atoms with Gasteiger partial charge in [0.1, 0.15) is 0 Å². The van der Waals surface area contributed by atoms with Gasteiger partial charge in [-0.15, -0.1) is 0 Å². The Hall–Kier alpha value is -0.520. The molecule has 0 aromatic heterocycles. The molecule has 3 aliphatic rings. The van der Waals surface area contributed by atoms with E-state index in [1.807, 2.05) is 0 Å². The molecule has 0 aromatic carbocycles. The van der Waals surface area contributed by atoms with Crippen molar-refractivity contribution in [3.05, 3.63) is 24.3 Å². The van der Waals surface area contributed by atoms with Crippen molar-refractivity contribution in [1.29, 1.82) is 0 Å². The molecule has 3 unspecified atom stereocenters. The van der Waals surface area contributed by atoms with Crippen LogP contribution < -0.4 is 0 Å². The topological polar surface area (TPSA) is 0 Å². The second-order valence-electron chi connectivity index (χ2n) is 6.79. The lowest BCUT2D eigenvalue weighted by molar-refractivity contribution is -0.00200. The number of allylic oxidation sites excluding steroid dienone is 3. The predicted octanol–water partition coefficient (Wildman–Crippen LogP) is 4.34. The molecule has 0 heteroatoms. The van der Waals surface area contributed by atoms with E-state index in [0.717, 1.165) is 5.92 Å². The number of rotatable bonds is 0. The summed E-state index contributed by atoms with van der Waals surface area (Å²) < 4.78 is 0. The summed E-state index contributed by atoms with van der Waals surface area (Å²) in [7, 11) is 0. The third-order valence-electron chi connectivity index (χ3n) is 5.80. The Morgan fingerprint density at radius 2 is 2.00 bits per heavy atom. The van der Waals surface area contributed by atoms with Gasteiger partial charge in [0.25, 0.3) is 0 Å². The van der Waals surface area contributed by atoms with E-state index >= 15 is 0 Å². The molecule has 0 saturated heterocycles. The van der Waals surface area contributed by atoms with E-state index in [-0.39, 0.29) is 0 Å². The quantitative estimate of drug-likeness (QED) is 0.548. The van der Waals surface area contributed by atoms with E-state index in [2.05, 4.69) is 39.5 Å².